The van der Waals surface area contributed by atoms with Crippen molar-refractivity contribution in [2.45, 2.75) is 6.42 Å². The minimum absolute atomic E-state index is 0.270. The second kappa shape index (κ2) is 5.96. The van der Waals surface area contributed by atoms with Crippen molar-refractivity contribution in [3.63, 3.8) is 0 Å². The number of benzene rings is 1. The first-order valence-corrected chi connectivity index (χ1v) is 6.95. The number of aromatic amines is 1. The first-order chi connectivity index (χ1) is 11.1. The predicted octanol–water partition coefficient (Wildman–Crippen LogP) is 1.59. The minimum atomic E-state index is -0.536. The van der Waals surface area contributed by atoms with Gasteiger partial charge in [-0.1, -0.05) is 0 Å². The Morgan fingerprint density at radius 2 is 1.91 bits per heavy atom. The molecule has 7 heteroatoms. The Morgan fingerprint density at radius 1 is 1.17 bits per heavy atom. The van der Waals surface area contributed by atoms with Crippen molar-refractivity contribution in [3.8, 4) is 11.4 Å². The summed E-state index contributed by atoms with van der Waals surface area (Å²) < 4.78 is 16.7. The number of nitrogens with zero attached hydrogens (tertiary/aromatic N) is 1. The second-order valence-electron chi connectivity index (χ2n) is 4.94. The van der Waals surface area contributed by atoms with Crippen LogP contribution in [0.3, 0.4) is 0 Å². The van der Waals surface area contributed by atoms with Gasteiger partial charge in [-0.15, -0.1) is 0 Å². The van der Waals surface area contributed by atoms with Crippen LogP contribution in [0.15, 0.2) is 51.5 Å². The Morgan fingerprint density at radius 3 is 2.52 bits per heavy atom. The second-order valence-corrected chi connectivity index (χ2v) is 4.94. The highest BCUT2D eigenvalue weighted by molar-refractivity contribution is 6.23. The van der Waals surface area contributed by atoms with E-state index < -0.39 is 5.63 Å². The number of hydrogen-bond acceptors (Lipinski definition) is 5. The molecule has 1 aliphatic carbocycles. The van der Waals surface area contributed by atoms with Gasteiger partial charge in [0.25, 0.3) is 0 Å². The van der Waals surface area contributed by atoms with E-state index in [1.165, 1.54) is 4.68 Å². The first-order valence-electron chi connectivity index (χ1n) is 6.95. The molecule has 1 aliphatic rings. The molecule has 2 aromatic rings. The lowest BCUT2D eigenvalue weighted by molar-refractivity contribution is -0.672. The molecule has 1 aromatic heterocycles. The van der Waals surface area contributed by atoms with E-state index in [1.54, 1.807) is 50.6 Å². The Hall–Kier alpha value is -3.09. The van der Waals surface area contributed by atoms with Crippen LogP contribution in [-0.4, -0.2) is 25.2 Å². The third-order valence-corrected chi connectivity index (χ3v) is 3.61. The molecule has 0 saturated carbocycles. The SMILES string of the molecule is COC1=CC=C(c2c(=O)o[nH][n+]2-c2ccc(OC)cc2)C(=N)C1. The molecule has 0 atom stereocenters. The van der Waals surface area contributed by atoms with Crippen molar-refractivity contribution in [1.29, 1.82) is 5.41 Å². The monoisotopic (exact) mass is 314 g/mol. The predicted molar refractivity (Wildman–Crippen MR) is 82.8 cm³/mol. The van der Waals surface area contributed by atoms with Gasteiger partial charge >= 0.3 is 11.3 Å². The molecule has 0 amide bonds. The van der Waals surface area contributed by atoms with Crippen LogP contribution >= 0.6 is 0 Å². The van der Waals surface area contributed by atoms with Crippen molar-refractivity contribution in [1.82, 2.24) is 5.27 Å². The molecule has 0 spiro atoms. The fraction of sp³-hybridized carbons (Fsp3) is 0.188. The molecule has 0 unspecified atom stereocenters. The highest BCUT2D eigenvalue weighted by Gasteiger charge is 2.31. The van der Waals surface area contributed by atoms with E-state index in [1.807, 2.05) is 0 Å². The van der Waals surface area contributed by atoms with Crippen LogP contribution in [0.4, 0.5) is 0 Å². The first kappa shape index (κ1) is 14.8. The number of nitrogens with one attached hydrogen (secondary N) is 2. The summed E-state index contributed by atoms with van der Waals surface area (Å²) in [7, 11) is 3.14. The van der Waals surface area contributed by atoms with Crippen molar-refractivity contribution >= 4 is 11.3 Å². The Kier molecular flexibility index (Phi) is 3.84. The Balaban J connectivity index is 2.09. The van der Waals surface area contributed by atoms with E-state index in [2.05, 4.69) is 5.27 Å². The fourth-order valence-corrected chi connectivity index (χ4v) is 2.38. The van der Waals surface area contributed by atoms with Crippen LogP contribution in [0.25, 0.3) is 11.3 Å². The van der Waals surface area contributed by atoms with Gasteiger partial charge in [0.05, 0.1) is 25.5 Å². The third-order valence-electron chi connectivity index (χ3n) is 3.61. The van der Waals surface area contributed by atoms with Gasteiger partial charge in [0.15, 0.2) is 0 Å². The molecule has 3 rings (SSSR count). The van der Waals surface area contributed by atoms with Crippen molar-refractivity contribution < 1.29 is 18.7 Å². The summed E-state index contributed by atoms with van der Waals surface area (Å²) in [5.41, 5.74) is 1.22. The number of H-pyrrole nitrogens is 1. The molecule has 118 valence electrons. The lowest BCUT2D eigenvalue weighted by Crippen LogP contribution is -2.39. The maximum absolute atomic E-state index is 12.1. The van der Waals surface area contributed by atoms with Crippen LogP contribution in [0, 0.1) is 5.41 Å². The molecule has 1 aromatic carbocycles. The quantitative estimate of drug-likeness (QED) is 0.838. The van der Waals surface area contributed by atoms with Gasteiger partial charge in [-0.3, -0.25) is 4.52 Å². The van der Waals surface area contributed by atoms with Crippen LogP contribution < -0.4 is 15.0 Å². The lowest BCUT2D eigenvalue weighted by Gasteiger charge is -2.11. The van der Waals surface area contributed by atoms with Gasteiger partial charge in [0, 0.05) is 18.6 Å². The fourth-order valence-electron chi connectivity index (χ4n) is 2.38. The van der Waals surface area contributed by atoms with Gasteiger partial charge in [0.1, 0.15) is 11.5 Å². The molecule has 0 bridgehead atoms. The van der Waals surface area contributed by atoms with E-state index in [4.69, 9.17) is 19.4 Å². The zero-order chi connectivity index (χ0) is 16.4. The van der Waals surface area contributed by atoms with Gasteiger partial charge in [-0.25, -0.2) is 4.79 Å². The summed E-state index contributed by atoms with van der Waals surface area (Å²) in [5.74, 6) is 1.38. The molecule has 7 nitrogen and oxygen atoms in total. The summed E-state index contributed by atoms with van der Waals surface area (Å²) in [6, 6.07) is 7.14. The van der Waals surface area contributed by atoms with Crippen LogP contribution in [-0.2, 0) is 4.74 Å². The number of allylic oxidation sites excluding steroid dienone is 4. The molecule has 0 fully saturated rings. The van der Waals surface area contributed by atoms with Gasteiger partial charge < -0.3 is 14.9 Å². The highest BCUT2D eigenvalue weighted by Crippen LogP contribution is 2.21. The summed E-state index contributed by atoms with van der Waals surface area (Å²) >= 11 is 0. The molecular weight excluding hydrogens is 298 g/mol. The third kappa shape index (κ3) is 2.68. The van der Waals surface area contributed by atoms with E-state index in [-0.39, 0.29) is 5.69 Å². The van der Waals surface area contributed by atoms with Crippen molar-refractivity contribution in [3.05, 3.63) is 58.3 Å². The maximum atomic E-state index is 12.1. The zero-order valence-corrected chi connectivity index (χ0v) is 12.8. The largest absolute Gasteiger partial charge is 0.501 e. The topological polar surface area (TPSA) is 92.2 Å². The Labute approximate surface area is 131 Å². The molecule has 0 aliphatic heterocycles. The molecule has 0 saturated heterocycles. The normalized spacial score (nSPS) is 14.3. The van der Waals surface area contributed by atoms with Crippen LogP contribution in [0.5, 0.6) is 5.75 Å². The number of ether oxygens (including phenoxy) is 2. The number of aromatic nitrogens is 2. The number of hydrogen-bond donors (Lipinski definition) is 2. The summed E-state index contributed by atoms with van der Waals surface area (Å²) in [4.78, 5) is 12.1. The minimum Gasteiger partial charge on any atom is -0.501 e. The van der Waals surface area contributed by atoms with E-state index in [9.17, 15) is 4.79 Å². The van der Waals surface area contributed by atoms with Crippen molar-refractivity contribution in [2.75, 3.05) is 14.2 Å². The Bertz CT molecular complexity index is 856. The van der Waals surface area contributed by atoms with Gasteiger partial charge in [-0.2, -0.15) is 0 Å². The van der Waals surface area contributed by atoms with E-state index >= 15 is 0 Å². The van der Waals surface area contributed by atoms with Gasteiger partial charge in [-0.05, 0) is 34.2 Å². The van der Waals surface area contributed by atoms with E-state index in [0.29, 0.717) is 34.9 Å². The van der Waals surface area contributed by atoms with E-state index in [0.717, 1.165) is 0 Å². The van der Waals surface area contributed by atoms with Gasteiger partial charge in [0.2, 0.25) is 5.69 Å². The standard InChI is InChI=1S/C16H15N3O4/c1-21-11-5-3-10(4-6-11)19-15(16(20)23-18-19)13-8-7-12(22-2)9-14(13)17/h3-8,17H,9H2,1-2H3/p+1. The van der Waals surface area contributed by atoms with Crippen molar-refractivity contribution in [2.24, 2.45) is 0 Å². The highest BCUT2D eigenvalue weighted by atomic mass is 16.5. The molecule has 2 N–H and O–H groups in total. The van der Waals surface area contributed by atoms with Crippen LogP contribution in [0.1, 0.15) is 12.1 Å². The lowest BCUT2D eigenvalue weighted by atomic mass is 9.98. The number of methoxy groups -OCH3 is 2. The average molecular weight is 314 g/mol. The molecule has 1 heterocycles. The zero-order valence-electron chi connectivity index (χ0n) is 12.8. The molecule has 0 radical (unpaired) electrons. The summed E-state index contributed by atoms with van der Waals surface area (Å²) in [6.07, 6.45) is 3.76. The molecular formula is C16H16N3O4+. The summed E-state index contributed by atoms with van der Waals surface area (Å²) in [5, 5.41) is 10.7. The maximum Gasteiger partial charge on any atom is 0.435 e. The average Bonchev–Trinajstić information content (AvgIpc) is 2.96. The van der Waals surface area contributed by atoms with Crippen LogP contribution in [0.2, 0.25) is 0 Å². The summed E-state index contributed by atoms with van der Waals surface area (Å²) in [6.45, 7) is 0. The number of rotatable bonds is 4. The molecule has 23 heavy (non-hydrogen) atoms. The smallest absolute Gasteiger partial charge is 0.435 e.